The highest BCUT2D eigenvalue weighted by molar-refractivity contribution is 6.01. The van der Waals surface area contributed by atoms with Crippen LogP contribution in [0.15, 0.2) is 11.6 Å². The van der Waals surface area contributed by atoms with E-state index < -0.39 is 6.17 Å². The van der Waals surface area contributed by atoms with Gasteiger partial charge in [0.1, 0.15) is 6.10 Å². The van der Waals surface area contributed by atoms with Gasteiger partial charge in [0.15, 0.2) is 12.0 Å². The maximum absolute atomic E-state index is 14.0. The minimum absolute atomic E-state index is 0.0253. The zero-order chi connectivity index (χ0) is 18.0. The van der Waals surface area contributed by atoms with E-state index in [0.717, 1.165) is 44.1 Å². The Labute approximate surface area is 149 Å². The van der Waals surface area contributed by atoms with Crippen LogP contribution >= 0.6 is 0 Å². The number of allylic oxidation sites excluding steroid dienone is 2. The smallest absolute Gasteiger partial charge is 0.302 e. The first-order valence-electron chi connectivity index (χ1n) is 9.83. The molecule has 4 aliphatic rings. The number of rotatable bonds is 1. The van der Waals surface area contributed by atoms with E-state index in [-0.39, 0.29) is 28.7 Å². The van der Waals surface area contributed by atoms with Crippen LogP contribution in [0.2, 0.25) is 0 Å². The van der Waals surface area contributed by atoms with Crippen LogP contribution in [-0.2, 0) is 14.3 Å². The number of ether oxygens (including phenoxy) is 1. The molecule has 4 heteroatoms. The van der Waals surface area contributed by atoms with Crippen molar-refractivity contribution in [3.05, 3.63) is 11.6 Å². The lowest BCUT2D eigenvalue weighted by atomic mass is 9.48. The lowest BCUT2D eigenvalue weighted by Gasteiger charge is -2.57. The van der Waals surface area contributed by atoms with Crippen molar-refractivity contribution in [1.29, 1.82) is 0 Å². The van der Waals surface area contributed by atoms with Crippen LogP contribution in [0, 0.1) is 28.6 Å². The van der Waals surface area contributed by atoms with E-state index >= 15 is 0 Å². The molecule has 138 valence electrons. The maximum Gasteiger partial charge on any atom is 0.302 e. The standard InChI is InChI=1S/C21H29FO3/c1-12(23)25-18-7-6-14-13-4-5-16-19(24)17(22)9-11-20(16,2)15(13)8-10-21(14,18)3/h5,13-15,17-18H,4,6-11H2,1-3H3/t13-,14-,15-,17-,18-,20+,21-/m0/s1. The highest BCUT2D eigenvalue weighted by atomic mass is 19.1. The summed E-state index contributed by atoms with van der Waals surface area (Å²) in [5.41, 5.74) is 0.657. The molecule has 0 aromatic carbocycles. The average Bonchev–Trinajstić information content (AvgIpc) is 2.88. The van der Waals surface area contributed by atoms with E-state index in [0.29, 0.717) is 24.2 Å². The van der Waals surface area contributed by atoms with Gasteiger partial charge >= 0.3 is 5.97 Å². The third-order valence-electron chi connectivity index (χ3n) is 8.15. The first-order chi connectivity index (χ1) is 11.8. The zero-order valence-corrected chi connectivity index (χ0v) is 15.5. The van der Waals surface area contributed by atoms with E-state index in [4.69, 9.17) is 4.74 Å². The minimum atomic E-state index is -1.30. The van der Waals surface area contributed by atoms with Crippen molar-refractivity contribution in [3.8, 4) is 0 Å². The zero-order valence-electron chi connectivity index (χ0n) is 15.5. The van der Waals surface area contributed by atoms with E-state index in [1.165, 1.54) is 6.92 Å². The molecule has 0 aromatic heterocycles. The molecular weight excluding hydrogens is 319 g/mol. The van der Waals surface area contributed by atoms with Crippen molar-refractivity contribution in [2.45, 2.75) is 78.0 Å². The van der Waals surface area contributed by atoms with Gasteiger partial charge in [0.25, 0.3) is 0 Å². The Balaban J connectivity index is 1.65. The van der Waals surface area contributed by atoms with Crippen LogP contribution in [0.1, 0.15) is 65.7 Å². The summed E-state index contributed by atoms with van der Waals surface area (Å²) in [5, 5.41) is 0. The topological polar surface area (TPSA) is 43.4 Å². The highest BCUT2D eigenvalue weighted by Crippen LogP contribution is 2.64. The summed E-state index contributed by atoms with van der Waals surface area (Å²) in [4.78, 5) is 23.9. The van der Waals surface area contributed by atoms with Crippen LogP contribution < -0.4 is 0 Å². The van der Waals surface area contributed by atoms with E-state index in [1.54, 1.807) is 0 Å². The molecule has 25 heavy (non-hydrogen) atoms. The lowest BCUT2D eigenvalue weighted by Crippen LogP contribution is -2.53. The fourth-order valence-electron chi connectivity index (χ4n) is 6.87. The van der Waals surface area contributed by atoms with Gasteiger partial charge in [0.2, 0.25) is 0 Å². The van der Waals surface area contributed by atoms with Crippen LogP contribution in [0.5, 0.6) is 0 Å². The van der Waals surface area contributed by atoms with Crippen molar-refractivity contribution in [3.63, 3.8) is 0 Å². The van der Waals surface area contributed by atoms with E-state index in [1.807, 2.05) is 0 Å². The third kappa shape index (κ3) is 2.35. The number of carbonyl (C=O) groups is 2. The summed E-state index contributed by atoms with van der Waals surface area (Å²) in [5.74, 6) is 1.07. The summed E-state index contributed by atoms with van der Waals surface area (Å²) in [6.07, 6.45) is 6.93. The predicted molar refractivity (Wildman–Crippen MR) is 92.5 cm³/mol. The van der Waals surface area contributed by atoms with Crippen molar-refractivity contribution >= 4 is 11.8 Å². The Morgan fingerprint density at radius 2 is 1.92 bits per heavy atom. The second-order valence-electron chi connectivity index (χ2n) is 9.24. The Morgan fingerprint density at radius 1 is 1.16 bits per heavy atom. The number of ketones is 1. The van der Waals surface area contributed by atoms with Gasteiger partial charge in [-0.05, 0) is 68.1 Å². The van der Waals surface area contributed by atoms with Gasteiger partial charge in [-0.3, -0.25) is 9.59 Å². The molecule has 0 bridgehead atoms. The second-order valence-corrected chi connectivity index (χ2v) is 9.24. The molecule has 0 N–H and O–H groups in total. The SMILES string of the molecule is CC(=O)O[C@H]1CC[C@H]2[C@@H]3CC=C4C(=O)[C@@H](F)CC[C@]4(C)[C@H]3CC[C@]12C. The van der Waals surface area contributed by atoms with Gasteiger partial charge in [0.05, 0.1) is 0 Å². The minimum Gasteiger partial charge on any atom is -0.462 e. The maximum atomic E-state index is 14.0. The summed E-state index contributed by atoms with van der Waals surface area (Å²) < 4.78 is 19.6. The quantitative estimate of drug-likeness (QED) is 0.660. The number of hydrogen-bond donors (Lipinski definition) is 0. The van der Waals surface area contributed by atoms with Crippen LogP contribution in [0.4, 0.5) is 4.39 Å². The summed E-state index contributed by atoms with van der Waals surface area (Å²) in [7, 11) is 0. The molecule has 3 saturated carbocycles. The van der Waals surface area contributed by atoms with Gasteiger partial charge in [0, 0.05) is 17.9 Å². The fraction of sp³-hybridized carbons (Fsp3) is 0.810. The summed E-state index contributed by atoms with van der Waals surface area (Å²) in [6, 6.07) is 0. The van der Waals surface area contributed by atoms with Gasteiger partial charge < -0.3 is 4.74 Å². The normalized spacial score (nSPS) is 48.9. The largest absolute Gasteiger partial charge is 0.462 e. The number of halogens is 1. The molecule has 7 atom stereocenters. The number of fused-ring (bicyclic) bond motifs is 5. The van der Waals surface area contributed by atoms with E-state index in [9.17, 15) is 14.0 Å². The van der Waals surface area contributed by atoms with Crippen LogP contribution in [0.25, 0.3) is 0 Å². The van der Waals surface area contributed by atoms with Gasteiger partial charge in [-0.25, -0.2) is 4.39 Å². The Bertz CT molecular complexity index is 641. The number of hydrogen-bond acceptors (Lipinski definition) is 3. The number of Topliss-reactive ketones (excluding diaryl/α,β-unsaturated/α-hetero) is 1. The predicted octanol–water partition coefficient (Wildman–Crippen LogP) is 4.40. The molecule has 4 aliphatic carbocycles. The van der Waals surface area contributed by atoms with Gasteiger partial charge in [-0.15, -0.1) is 0 Å². The van der Waals surface area contributed by atoms with Gasteiger partial charge in [-0.1, -0.05) is 19.9 Å². The molecule has 0 saturated heterocycles. The Kier molecular flexibility index (Phi) is 3.90. The molecule has 0 spiro atoms. The molecule has 0 aliphatic heterocycles. The van der Waals surface area contributed by atoms with Crippen molar-refractivity contribution in [2.24, 2.45) is 28.6 Å². The highest BCUT2D eigenvalue weighted by Gasteiger charge is 2.60. The van der Waals surface area contributed by atoms with Crippen LogP contribution in [-0.4, -0.2) is 24.0 Å². The summed E-state index contributed by atoms with van der Waals surface area (Å²) in [6.45, 7) is 5.99. The van der Waals surface area contributed by atoms with Crippen molar-refractivity contribution < 1.29 is 18.7 Å². The first-order valence-corrected chi connectivity index (χ1v) is 9.83. The van der Waals surface area contributed by atoms with Crippen molar-refractivity contribution in [2.75, 3.05) is 0 Å². The molecule has 3 nitrogen and oxygen atoms in total. The molecule has 0 amide bonds. The lowest BCUT2D eigenvalue weighted by molar-refractivity contribution is -0.157. The monoisotopic (exact) mass is 348 g/mol. The van der Waals surface area contributed by atoms with Crippen molar-refractivity contribution in [1.82, 2.24) is 0 Å². The molecule has 3 fully saturated rings. The molecule has 0 aromatic rings. The van der Waals surface area contributed by atoms with Gasteiger partial charge in [-0.2, -0.15) is 0 Å². The Hall–Kier alpha value is -1.19. The Morgan fingerprint density at radius 3 is 2.64 bits per heavy atom. The summed E-state index contributed by atoms with van der Waals surface area (Å²) >= 11 is 0. The number of carbonyl (C=O) groups excluding carboxylic acids is 2. The molecule has 0 unspecified atom stereocenters. The molecule has 4 rings (SSSR count). The molecule has 0 heterocycles. The molecule has 0 radical (unpaired) electrons. The molecular formula is C21H29FO3. The second kappa shape index (κ2) is 5.65. The van der Waals surface area contributed by atoms with Crippen LogP contribution in [0.3, 0.4) is 0 Å². The van der Waals surface area contributed by atoms with E-state index in [2.05, 4.69) is 19.9 Å². The number of alkyl halides is 1. The first kappa shape index (κ1) is 17.2. The third-order valence-corrected chi connectivity index (χ3v) is 8.15. The average molecular weight is 348 g/mol. The fourth-order valence-corrected chi connectivity index (χ4v) is 6.87. The number of esters is 1.